The van der Waals surface area contributed by atoms with E-state index in [0.717, 1.165) is 8.95 Å². The highest BCUT2D eigenvalue weighted by atomic mass is 79.9. The van der Waals surface area contributed by atoms with Crippen LogP contribution in [0.5, 0.6) is 5.75 Å². The molecule has 0 heterocycles. The van der Waals surface area contributed by atoms with Gasteiger partial charge < -0.3 is 10.5 Å². The Hall–Kier alpha value is -0.220. The van der Waals surface area contributed by atoms with Crippen LogP contribution in [0.3, 0.4) is 0 Å². The zero-order valence-electron chi connectivity index (χ0n) is 5.90. The van der Waals surface area contributed by atoms with Gasteiger partial charge in [0.15, 0.2) is 5.75 Å². The summed E-state index contributed by atoms with van der Waals surface area (Å²) in [5.74, 6) is 0.666. The predicted molar refractivity (Wildman–Crippen MR) is 52.8 cm³/mol. The van der Waals surface area contributed by atoms with Gasteiger partial charge in [0.2, 0.25) is 0 Å². The zero-order chi connectivity index (χ0) is 8.43. The first-order chi connectivity index (χ1) is 5.16. The summed E-state index contributed by atoms with van der Waals surface area (Å²) in [5.41, 5.74) is 6.30. The molecule has 11 heavy (non-hydrogen) atoms. The lowest BCUT2D eigenvalue weighted by atomic mass is 10.3. The van der Waals surface area contributed by atoms with Gasteiger partial charge in [-0.25, -0.2) is 0 Å². The molecule has 1 rings (SSSR count). The van der Waals surface area contributed by atoms with E-state index in [0.29, 0.717) is 11.4 Å². The highest BCUT2D eigenvalue weighted by Crippen LogP contribution is 2.36. The van der Waals surface area contributed by atoms with Crippen molar-refractivity contribution in [2.45, 2.75) is 0 Å². The smallest absolute Gasteiger partial charge is 0.157 e. The van der Waals surface area contributed by atoms with Gasteiger partial charge in [0, 0.05) is 4.47 Å². The molecule has 1 aromatic carbocycles. The van der Waals surface area contributed by atoms with E-state index in [9.17, 15) is 0 Å². The first kappa shape index (κ1) is 8.87. The van der Waals surface area contributed by atoms with Gasteiger partial charge >= 0.3 is 0 Å². The lowest BCUT2D eigenvalue weighted by molar-refractivity contribution is 0.414. The fourth-order valence-electron chi connectivity index (χ4n) is 0.756. The molecular formula is C7H7Br2NO. The van der Waals surface area contributed by atoms with Gasteiger partial charge in [-0.15, -0.1) is 0 Å². The standard InChI is InChI=1S/C7H7Br2NO/c1-11-7-5(9)3-2-4(8)6(7)10/h2-3H,10H2,1H3. The predicted octanol–water partition coefficient (Wildman–Crippen LogP) is 2.80. The Kier molecular flexibility index (Phi) is 2.78. The fourth-order valence-corrected chi connectivity index (χ4v) is 1.58. The molecule has 0 amide bonds. The van der Waals surface area contributed by atoms with E-state index in [1.165, 1.54) is 0 Å². The van der Waals surface area contributed by atoms with E-state index in [1.54, 1.807) is 7.11 Å². The second-order valence-corrected chi connectivity index (χ2v) is 3.68. The van der Waals surface area contributed by atoms with Crippen LogP contribution in [0.2, 0.25) is 0 Å². The summed E-state index contributed by atoms with van der Waals surface area (Å²) >= 11 is 6.61. The van der Waals surface area contributed by atoms with Gasteiger partial charge in [-0.1, -0.05) is 0 Å². The van der Waals surface area contributed by atoms with E-state index in [1.807, 2.05) is 12.1 Å². The summed E-state index contributed by atoms with van der Waals surface area (Å²) in [4.78, 5) is 0. The van der Waals surface area contributed by atoms with Crippen molar-refractivity contribution in [2.24, 2.45) is 0 Å². The van der Waals surface area contributed by atoms with E-state index in [-0.39, 0.29) is 0 Å². The van der Waals surface area contributed by atoms with E-state index >= 15 is 0 Å². The molecule has 0 spiro atoms. The van der Waals surface area contributed by atoms with Crippen LogP contribution in [-0.2, 0) is 0 Å². The maximum absolute atomic E-state index is 5.69. The minimum atomic E-state index is 0.613. The summed E-state index contributed by atoms with van der Waals surface area (Å²) in [6, 6.07) is 3.74. The van der Waals surface area contributed by atoms with E-state index in [2.05, 4.69) is 31.9 Å². The van der Waals surface area contributed by atoms with Crippen molar-refractivity contribution in [3.8, 4) is 5.75 Å². The maximum atomic E-state index is 5.69. The lowest BCUT2D eigenvalue weighted by Crippen LogP contribution is -1.93. The second-order valence-electron chi connectivity index (χ2n) is 1.98. The summed E-state index contributed by atoms with van der Waals surface area (Å²) in [7, 11) is 1.59. The zero-order valence-corrected chi connectivity index (χ0v) is 9.07. The molecule has 0 atom stereocenters. The number of methoxy groups -OCH3 is 1. The van der Waals surface area contributed by atoms with Crippen LogP contribution in [0.1, 0.15) is 0 Å². The molecule has 0 fully saturated rings. The third kappa shape index (κ3) is 1.68. The number of hydrogen-bond donors (Lipinski definition) is 1. The SMILES string of the molecule is COc1c(Br)ccc(Br)c1N. The molecule has 0 saturated carbocycles. The Labute approximate surface area is 82.0 Å². The number of rotatable bonds is 1. The van der Waals surface area contributed by atoms with Gasteiger partial charge in [-0.3, -0.25) is 0 Å². The summed E-state index contributed by atoms with van der Waals surface area (Å²) in [6.07, 6.45) is 0. The van der Waals surface area contributed by atoms with Gasteiger partial charge in [-0.2, -0.15) is 0 Å². The van der Waals surface area contributed by atoms with Gasteiger partial charge in [0.25, 0.3) is 0 Å². The molecule has 0 saturated heterocycles. The van der Waals surface area contributed by atoms with Crippen molar-refractivity contribution in [1.29, 1.82) is 0 Å². The highest BCUT2D eigenvalue weighted by molar-refractivity contribution is 9.11. The number of nitrogen functional groups attached to an aromatic ring is 1. The van der Waals surface area contributed by atoms with Gasteiger partial charge in [-0.05, 0) is 44.0 Å². The van der Waals surface area contributed by atoms with Crippen LogP contribution in [0.4, 0.5) is 5.69 Å². The molecule has 0 aromatic heterocycles. The Bertz CT molecular complexity index is 275. The molecule has 0 aliphatic carbocycles. The maximum Gasteiger partial charge on any atom is 0.157 e. The molecule has 2 N–H and O–H groups in total. The molecule has 1 aromatic rings. The monoisotopic (exact) mass is 279 g/mol. The van der Waals surface area contributed by atoms with Crippen LogP contribution in [-0.4, -0.2) is 7.11 Å². The second kappa shape index (κ2) is 3.45. The summed E-state index contributed by atoms with van der Waals surface area (Å²) in [5, 5.41) is 0. The Morgan fingerprint density at radius 2 is 1.82 bits per heavy atom. The lowest BCUT2D eigenvalue weighted by Gasteiger charge is -2.07. The molecule has 0 unspecified atom stereocenters. The Balaban J connectivity index is 3.29. The van der Waals surface area contributed by atoms with E-state index in [4.69, 9.17) is 10.5 Å². The molecule has 60 valence electrons. The number of anilines is 1. The average molecular weight is 281 g/mol. The third-order valence-electron chi connectivity index (χ3n) is 1.30. The Morgan fingerprint density at radius 1 is 1.27 bits per heavy atom. The normalized spacial score (nSPS) is 9.73. The molecule has 0 bridgehead atoms. The van der Waals surface area contributed by atoms with E-state index < -0.39 is 0 Å². The molecule has 2 nitrogen and oxygen atoms in total. The van der Waals surface area contributed by atoms with Crippen LogP contribution in [0, 0.1) is 0 Å². The number of benzene rings is 1. The first-order valence-corrected chi connectivity index (χ1v) is 4.53. The van der Waals surface area contributed by atoms with Crippen LogP contribution in [0.25, 0.3) is 0 Å². The molecule has 0 aliphatic rings. The molecule has 4 heteroatoms. The largest absolute Gasteiger partial charge is 0.493 e. The topological polar surface area (TPSA) is 35.2 Å². The summed E-state index contributed by atoms with van der Waals surface area (Å²) in [6.45, 7) is 0. The number of halogens is 2. The third-order valence-corrected chi connectivity index (χ3v) is 2.61. The van der Waals surface area contributed by atoms with Crippen LogP contribution >= 0.6 is 31.9 Å². The number of nitrogens with two attached hydrogens (primary N) is 1. The van der Waals surface area contributed by atoms with Crippen molar-refractivity contribution in [1.82, 2.24) is 0 Å². The van der Waals surface area contributed by atoms with Crippen LogP contribution in [0.15, 0.2) is 21.1 Å². The fraction of sp³-hybridized carbons (Fsp3) is 0.143. The Morgan fingerprint density at radius 3 is 2.27 bits per heavy atom. The van der Waals surface area contributed by atoms with Crippen molar-refractivity contribution in [3.05, 3.63) is 21.1 Å². The van der Waals surface area contributed by atoms with Crippen molar-refractivity contribution in [2.75, 3.05) is 12.8 Å². The quantitative estimate of drug-likeness (QED) is 0.803. The van der Waals surface area contributed by atoms with Crippen molar-refractivity contribution in [3.63, 3.8) is 0 Å². The van der Waals surface area contributed by atoms with Gasteiger partial charge in [0.05, 0.1) is 17.3 Å². The minimum absolute atomic E-state index is 0.613. The number of hydrogen-bond acceptors (Lipinski definition) is 2. The molecule has 0 aliphatic heterocycles. The average Bonchev–Trinajstić information content (AvgIpc) is 1.99. The summed E-state index contributed by atoms with van der Waals surface area (Å²) < 4.78 is 6.76. The first-order valence-electron chi connectivity index (χ1n) is 2.94. The van der Waals surface area contributed by atoms with Gasteiger partial charge in [0.1, 0.15) is 0 Å². The minimum Gasteiger partial charge on any atom is -0.493 e. The van der Waals surface area contributed by atoms with Crippen molar-refractivity contribution < 1.29 is 4.74 Å². The van der Waals surface area contributed by atoms with Crippen molar-refractivity contribution >= 4 is 37.5 Å². The number of ether oxygens (including phenoxy) is 1. The molecule has 0 radical (unpaired) electrons. The highest BCUT2D eigenvalue weighted by Gasteiger charge is 2.06. The molecular weight excluding hydrogens is 274 g/mol. The van der Waals surface area contributed by atoms with Crippen LogP contribution < -0.4 is 10.5 Å².